The molecule has 2 N–H and O–H groups in total. The lowest BCUT2D eigenvalue weighted by molar-refractivity contribution is 0.0908. The highest BCUT2D eigenvalue weighted by Gasteiger charge is 2.24. The molecule has 0 amide bonds. The Morgan fingerprint density at radius 3 is 2.83 bits per heavy atom. The molecule has 0 aliphatic heterocycles. The number of anilines is 1. The normalized spacial score (nSPS) is 18.6. The molecule has 18 heavy (non-hydrogen) atoms. The van der Waals surface area contributed by atoms with Gasteiger partial charge in [-0.05, 0) is 43.5 Å². The molecule has 1 atom stereocenters. The van der Waals surface area contributed by atoms with Crippen LogP contribution < -0.4 is 5.73 Å². The van der Waals surface area contributed by atoms with E-state index in [1.54, 1.807) is 18.4 Å². The second-order valence-electron chi connectivity index (χ2n) is 4.57. The van der Waals surface area contributed by atoms with E-state index in [0.29, 0.717) is 0 Å². The van der Waals surface area contributed by atoms with Crippen molar-refractivity contribution in [2.45, 2.75) is 25.4 Å². The minimum absolute atomic E-state index is 0.230. The first-order valence-electron chi connectivity index (χ1n) is 6.16. The molecule has 1 aromatic heterocycles. The molecule has 94 valence electrons. The summed E-state index contributed by atoms with van der Waals surface area (Å²) in [6.45, 7) is 0. The highest BCUT2D eigenvalue weighted by molar-refractivity contribution is 7.15. The van der Waals surface area contributed by atoms with Crippen molar-refractivity contribution in [2.75, 3.05) is 12.8 Å². The van der Waals surface area contributed by atoms with E-state index in [9.17, 15) is 0 Å². The van der Waals surface area contributed by atoms with Crippen molar-refractivity contribution in [3.63, 3.8) is 0 Å². The second-order valence-corrected chi connectivity index (χ2v) is 5.60. The minimum Gasteiger partial charge on any atom is -0.399 e. The number of benzene rings is 1. The molecular weight excluding hydrogens is 244 g/mol. The maximum atomic E-state index is 5.71. The van der Waals surface area contributed by atoms with Crippen LogP contribution in [0.5, 0.6) is 0 Å². The first-order chi connectivity index (χ1) is 8.78. The third-order valence-electron chi connectivity index (χ3n) is 3.34. The molecule has 1 aliphatic rings. The molecule has 0 fully saturated rings. The number of methoxy groups -OCH3 is 1. The third-order valence-corrected chi connectivity index (χ3v) is 4.58. The molecule has 3 nitrogen and oxygen atoms in total. The summed E-state index contributed by atoms with van der Waals surface area (Å²) in [5.74, 6) is 0. The van der Waals surface area contributed by atoms with E-state index in [-0.39, 0.29) is 6.10 Å². The van der Waals surface area contributed by atoms with Gasteiger partial charge in [0, 0.05) is 18.4 Å². The van der Waals surface area contributed by atoms with E-state index in [2.05, 4.69) is 0 Å². The van der Waals surface area contributed by atoms with Crippen molar-refractivity contribution >= 4 is 17.0 Å². The van der Waals surface area contributed by atoms with Crippen LogP contribution in [0.2, 0.25) is 0 Å². The zero-order valence-electron chi connectivity index (χ0n) is 10.3. The number of thiazole rings is 1. The second kappa shape index (κ2) is 4.71. The molecule has 0 saturated carbocycles. The van der Waals surface area contributed by atoms with Gasteiger partial charge in [0.15, 0.2) is 0 Å². The summed E-state index contributed by atoms with van der Waals surface area (Å²) in [6, 6.07) is 7.90. The maximum absolute atomic E-state index is 5.71. The fourth-order valence-corrected chi connectivity index (χ4v) is 3.58. The van der Waals surface area contributed by atoms with Crippen molar-refractivity contribution in [2.24, 2.45) is 0 Å². The Morgan fingerprint density at radius 2 is 2.11 bits per heavy atom. The molecule has 0 spiro atoms. The van der Waals surface area contributed by atoms with Gasteiger partial charge in [0.1, 0.15) is 5.01 Å². The number of rotatable bonds is 2. The monoisotopic (exact) mass is 260 g/mol. The number of ether oxygens (including phenoxy) is 1. The maximum Gasteiger partial charge on any atom is 0.123 e. The molecule has 3 rings (SSSR count). The van der Waals surface area contributed by atoms with Crippen molar-refractivity contribution in [1.82, 2.24) is 4.98 Å². The molecule has 1 aromatic carbocycles. The molecule has 1 aliphatic carbocycles. The minimum atomic E-state index is 0.230. The smallest absolute Gasteiger partial charge is 0.123 e. The van der Waals surface area contributed by atoms with Crippen LogP contribution in [0.25, 0.3) is 10.6 Å². The number of hydrogen-bond acceptors (Lipinski definition) is 4. The van der Waals surface area contributed by atoms with E-state index in [0.717, 1.165) is 35.5 Å². The standard InChI is InChI=1S/C14H16N2OS/c1-17-12-4-2-3-11-13(12)18-14(16-11)9-5-7-10(15)8-6-9/h5-8,12H,2-4,15H2,1H3. The topological polar surface area (TPSA) is 48.1 Å². The van der Waals surface area contributed by atoms with E-state index in [1.807, 2.05) is 24.3 Å². The van der Waals surface area contributed by atoms with Gasteiger partial charge in [0.2, 0.25) is 0 Å². The first-order valence-corrected chi connectivity index (χ1v) is 6.98. The van der Waals surface area contributed by atoms with Crippen LogP contribution in [0, 0.1) is 0 Å². The van der Waals surface area contributed by atoms with Crippen LogP contribution in [-0.4, -0.2) is 12.1 Å². The summed E-state index contributed by atoms with van der Waals surface area (Å²) >= 11 is 1.75. The zero-order chi connectivity index (χ0) is 12.5. The van der Waals surface area contributed by atoms with Gasteiger partial charge in [-0.3, -0.25) is 0 Å². The molecular formula is C14H16N2OS. The molecule has 0 saturated heterocycles. The molecule has 1 heterocycles. The highest BCUT2D eigenvalue weighted by Crippen LogP contribution is 2.39. The molecule has 2 aromatic rings. The van der Waals surface area contributed by atoms with Crippen LogP contribution in [0.15, 0.2) is 24.3 Å². The first kappa shape index (κ1) is 11.7. The summed E-state index contributed by atoms with van der Waals surface area (Å²) in [5.41, 5.74) is 8.85. The lowest BCUT2D eigenvalue weighted by Crippen LogP contribution is -2.08. The zero-order valence-corrected chi connectivity index (χ0v) is 11.2. The van der Waals surface area contributed by atoms with E-state index < -0.39 is 0 Å². The Kier molecular flexibility index (Phi) is 3.06. The third kappa shape index (κ3) is 2.02. The van der Waals surface area contributed by atoms with Gasteiger partial charge in [0.05, 0.1) is 16.7 Å². The Bertz CT molecular complexity index is 547. The van der Waals surface area contributed by atoms with Crippen molar-refractivity contribution in [3.8, 4) is 10.6 Å². The summed E-state index contributed by atoms with van der Waals surface area (Å²) in [4.78, 5) is 6.05. The fraction of sp³-hybridized carbons (Fsp3) is 0.357. The van der Waals surface area contributed by atoms with E-state index >= 15 is 0 Å². The van der Waals surface area contributed by atoms with E-state index in [4.69, 9.17) is 15.5 Å². The van der Waals surface area contributed by atoms with Crippen LogP contribution >= 0.6 is 11.3 Å². The Labute approximate surface area is 111 Å². The van der Waals surface area contributed by atoms with Gasteiger partial charge in [-0.15, -0.1) is 11.3 Å². The Balaban J connectivity index is 1.99. The molecule has 4 heteroatoms. The number of nitrogens with two attached hydrogens (primary N) is 1. The summed E-state index contributed by atoms with van der Waals surface area (Å²) in [6.07, 6.45) is 3.57. The summed E-state index contributed by atoms with van der Waals surface area (Å²) in [7, 11) is 1.78. The van der Waals surface area contributed by atoms with Crippen molar-refractivity contribution < 1.29 is 4.74 Å². The largest absolute Gasteiger partial charge is 0.399 e. The van der Waals surface area contributed by atoms with Gasteiger partial charge in [0.25, 0.3) is 0 Å². The van der Waals surface area contributed by atoms with Crippen molar-refractivity contribution in [3.05, 3.63) is 34.8 Å². The summed E-state index contributed by atoms with van der Waals surface area (Å²) < 4.78 is 5.54. The molecule has 1 unspecified atom stereocenters. The van der Waals surface area contributed by atoms with Crippen LogP contribution in [0.3, 0.4) is 0 Å². The van der Waals surface area contributed by atoms with Crippen LogP contribution in [-0.2, 0) is 11.2 Å². The quantitative estimate of drug-likeness (QED) is 0.842. The number of hydrogen-bond donors (Lipinski definition) is 1. The van der Waals surface area contributed by atoms with Gasteiger partial charge >= 0.3 is 0 Å². The number of aromatic nitrogens is 1. The van der Waals surface area contributed by atoms with Crippen molar-refractivity contribution in [1.29, 1.82) is 0 Å². The lowest BCUT2D eigenvalue weighted by Gasteiger charge is -2.19. The average Bonchev–Trinajstić information content (AvgIpc) is 2.83. The SMILES string of the molecule is COC1CCCc2nc(-c3ccc(N)cc3)sc21. The van der Waals surface area contributed by atoms with Gasteiger partial charge in [-0.2, -0.15) is 0 Å². The lowest BCUT2D eigenvalue weighted by atomic mass is 10.0. The number of nitrogen functional groups attached to an aromatic ring is 1. The van der Waals surface area contributed by atoms with Gasteiger partial charge in [-0.1, -0.05) is 0 Å². The van der Waals surface area contributed by atoms with Crippen LogP contribution in [0.4, 0.5) is 5.69 Å². The fourth-order valence-electron chi connectivity index (χ4n) is 2.35. The van der Waals surface area contributed by atoms with E-state index in [1.165, 1.54) is 10.6 Å². The highest BCUT2D eigenvalue weighted by atomic mass is 32.1. The predicted octanol–water partition coefficient (Wildman–Crippen LogP) is 3.42. The Hall–Kier alpha value is -1.39. The predicted molar refractivity (Wildman–Crippen MR) is 74.7 cm³/mol. The Morgan fingerprint density at radius 1 is 1.33 bits per heavy atom. The number of fused-ring (bicyclic) bond motifs is 1. The molecule has 0 bridgehead atoms. The molecule has 0 radical (unpaired) electrons. The number of nitrogens with zero attached hydrogens (tertiary/aromatic N) is 1. The van der Waals surface area contributed by atoms with Crippen LogP contribution in [0.1, 0.15) is 29.5 Å². The number of aryl methyl sites for hydroxylation is 1. The van der Waals surface area contributed by atoms with Gasteiger partial charge < -0.3 is 10.5 Å². The average molecular weight is 260 g/mol. The van der Waals surface area contributed by atoms with Gasteiger partial charge in [-0.25, -0.2) is 4.98 Å². The summed E-state index contributed by atoms with van der Waals surface area (Å²) in [5, 5.41) is 1.07.